The molecule has 1 heterocycles. The summed E-state index contributed by atoms with van der Waals surface area (Å²) in [5.74, 6) is -0.549. The fourth-order valence-corrected chi connectivity index (χ4v) is 2.02. The van der Waals surface area contributed by atoms with Gasteiger partial charge in [-0.2, -0.15) is 0 Å². The van der Waals surface area contributed by atoms with E-state index in [0.29, 0.717) is 5.76 Å². The van der Waals surface area contributed by atoms with Crippen LogP contribution in [-0.4, -0.2) is 16.7 Å². The molecule has 1 aromatic carbocycles. The topological polar surface area (TPSA) is 67.5 Å². The number of benzene rings is 1. The van der Waals surface area contributed by atoms with Crippen molar-refractivity contribution in [1.29, 1.82) is 0 Å². The van der Waals surface area contributed by atoms with Gasteiger partial charge in [0, 0.05) is 11.6 Å². The minimum Gasteiger partial charge on any atom is -0.507 e. The average Bonchev–Trinajstić information content (AvgIpc) is 2.87. The summed E-state index contributed by atoms with van der Waals surface area (Å²) < 4.78 is 5.13. The lowest BCUT2D eigenvalue weighted by molar-refractivity contribution is 0.0998. The van der Waals surface area contributed by atoms with Crippen LogP contribution in [0.25, 0.3) is 5.57 Å². The molecule has 0 spiro atoms. The van der Waals surface area contributed by atoms with Gasteiger partial charge in [-0.25, -0.2) is 0 Å². The van der Waals surface area contributed by atoms with Gasteiger partial charge in [-0.05, 0) is 18.2 Å². The summed E-state index contributed by atoms with van der Waals surface area (Å²) in [6, 6.07) is 7.70. The van der Waals surface area contributed by atoms with E-state index in [9.17, 15) is 14.7 Å². The van der Waals surface area contributed by atoms with Crippen LogP contribution in [0.2, 0.25) is 0 Å². The van der Waals surface area contributed by atoms with Crippen molar-refractivity contribution >= 4 is 17.1 Å². The molecule has 4 heteroatoms. The number of phenols is 1. The molecule has 0 atom stereocenters. The highest BCUT2D eigenvalue weighted by molar-refractivity contribution is 6.38. The fraction of sp³-hybridized carbons (Fsp3) is 0. The minimum absolute atomic E-state index is 0.0535. The molecule has 0 amide bonds. The van der Waals surface area contributed by atoms with Gasteiger partial charge in [0.25, 0.3) is 0 Å². The van der Waals surface area contributed by atoms with Gasteiger partial charge in [0.2, 0.25) is 0 Å². The third-order valence-electron chi connectivity index (χ3n) is 2.84. The van der Waals surface area contributed by atoms with E-state index in [1.165, 1.54) is 30.5 Å². The summed E-state index contributed by atoms with van der Waals surface area (Å²) in [6.07, 6.45) is 2.63. The summed E-state index contributed by atoms with van der Waals surface area (Å²) in [5, 5.41) is 9.64. The number of carbonyl (C=O) groups is 2. The molecule has 1 N–H and O–H groups in total. The second kappa shape index (κ2) is 3.70. The number of hydrogen-bond acceptors (Lipinski definition) is 4. The first kappa shape index (κ1) is 10.5. The van der Waals surface area contributed by atoms with Gasteiger partial charge in [0.05, 0.1) is 17.4 Å². The van der Waals surface area contributed by atoms with Crippen LogP contribution >= 0.6 is 0 Å². The van der Waals surface area contributed by atoms with Crippen molar-refractivity contribution < 1.29 is 19.1 Å². The van der Waals surface area contributed by atoms with E-state index < -0.39 is 5.78 Å². The molecule has 0 bridgehead atoms. The van der Waals surface area contributed by atoms with Crippen LogP contribution in [0.15, 0.2) is 47.1 Å². The molecule has 0 fully saturated rings. The van der Waals surface area contributed by atoms with E-state index in [2.05, 4.69) is 0 Å². The highest BCUT2D eigenvalue weighted by Gasteiger charge is 2.29. The summed E-state index contributed by atoms with van der Waals surface area (Å²) in [6.45, 7) is 0. The molecule has 1 aliphatic rings. The first-order chi connectivity index (χ1) is 8.68. The van der Waals surface area contributed by atoms with Crippen LogP contribution in [0, 0.1) is 0 Å². The lowest BCUT2D eigenvalue weighted by Gasteiger charge is -2.14. The van der Waals surface area contributed by atoms with Crippen molar-refractivity contribution in [3.05, 3.63) is 59.6 Å². The van der Waals surface area contributed by atoms with E-state index in [1.54, 1.807) is 12.1 Å². The number of ketones is 2. The second-order valence-corrected chi connectivity index (χ2v) is 3.93. The minimum atomic E-state index is -0.394. The Morgan fingerprint density at radius 2 is 1.89 bits per heavy atom. The van der Waals surface area contributed by atoms with Gasteiger partial charge in [0.15, 0.2) is 11.6 Å². The summed E-state index contributed by atoms with van der Waals surface area (Å²) >= 11 is 0. The van der Waals surface area contributed by atoms with Crippen LogP contribution < -0.4 is 0 Å². The van der Waals surface area contributed by atoms with Crippen molar-refractivity contribution in [2.24, 2.45) is 0 Å². The maximum atomic E-state index is 12.2. The SMILES string of the molecule is O=C1C(c2ccco2)=CC(=O)c2c(O)cccc21. The van der Waals surface area contributed by atoms with Gasteiger partial charge in [-0.3, -0.25) is 9.59 Å². The molecular weight excluding hydrogens is 232 g/mol. The number of hydrogen-bond donors (Lipinski definition) is 1. The smallest absolute Gasteiger partial charge is 0.197 e. The third-order valence-corrected chi connectivity index (χ3v) is 2.84. The molecule has 0 radical (unpaired) electrons. The van der Waals surface area contributed by atoms with Crippen molar-refractivity contribution in [3.63, 3.8) is 0 Å². The molecule has 3 rings (SSSR count). The first-order valence-corrected chi connectivity index (χ1v) is 5.35. The Bertz CT molecular complexity index is 678. The molecule has 2 aromatic rings. The Morgan fingerprint density at radius 1 is 1.06 bits per heavy atom. The number of aromatic hydroxyl groups is 1. The van der Waals surface area contributed by atoms with E-state index in [0.717, 1.165) is 0 Å². The quantitative estimate of drug-likeness (QED) is 0.831. The third kappa shape index (κ3) is 1.39. The monoisotopic (exact) mass is 240 g/mol. The Labute approximate surface area is 102 Å². The van der Waals surface area contributed by atoms with E-state index in [4.69, 9.17) is 4.42 Å². The highest BCUT2D eigenvalue weighted by atomic mass is 16.3. The van der Waals surface area contributed by atoms with Gasteiger partial charge in [0.1, 0.15) is 11.5 Å². The van der Waals surface area contributed by atoms with E-state index >= 15 is 0 Å². The summed E-state index contributed by atoms with van der Waals surface area (Å²) in [5.41, 5.74) is 0.467. The lowest BCUT2D eigenvalue weighted by atomic mass is 9.88. The molecule has 0 saturated carbocycles. The molecule has 0 unspecified atom stereocenters. The molecular formula is C14H8O4. The summed E-state index contributed by atoms with van der Waals surface area (Å²) in [7, 11) is 0. The highest BCUT2D eigenvalue weighted by Crippen LogP contribution is 2.32. The zero-order valence-electron chi connectivity index (χ0n) is 9.21. The maximum Gasteiger partial charge on any atom is 0.197 e. The number of Topliss-reactive ketones (excluding diaryl/α,β-unsaturated/α-hetero) is 1. The predicted molar refractivity (Wildman–Crippen MR) is 63.5 cm³/mol. The van der Waals surface area contributed by atoms with Gasteiger partial charge in [-0.15, -0.1) is 0 Å². The maximum absolute atomic E-state index is 12.2. The van der Waals surface area contributed by atoms with Crippen molar-refractivity contribution in [1.82, 2.24) is 0 Å². The van der Waals surface area contributed by atoms with Gasteiger partial charge < -0.3 is 9.52 Å². The molecule has 88 valence electrons. The van der Waals surface area contributed by atoms with E-state index in [1.807, 2.05) is 0 Å². The molecule has 18 heavy (non-hydrogen) atoms. The Morgan fingerprint density at radius 3 is 2.61 bits per heavy atom. The summed E-state index contributed by atoms with van der Waals surface area (Å²) in [4.78, 5) is 24.1. The van der Waals surface area contributed by atoms with Crippen LogP contribution in [0.3, 0.4) is 0 Å². The fourth-order valence-electron chi connectivity index (χ4n) is 2.02. The predicted octanol–water partition coefficient (Wildman–Crippen LogP) is 2.45. The molecule has 4 nitrogen and oxygen atoms in total. The number of furan rings is 1. The number of carbonyl (C=O) groups excluding carboxylic acids is 2. The molecule has 1 aliphatic carbocycles. The zero-order chi connectivity index (χ0) is 12.7. The largest absolute Gasteiger partial charge is 0.507 e. The number of rotatable bonds is 1. The first-order valence-electron chi connectivity index (χ1n) is 5.35. The van der Waals surface area contributed by atoms with E-state index in [-0.39, 0.29) is 28.2 Å². The number of phenolic OH excluding ortho intramolecular Hbond substituents is 1. The zero-order valence-corrected chi connectivity index (χ0v) is 9.21. The van der Waals surface area contributed by atoms with Crippen LogP contribution in [-0.2, 0) is 0 Å². The van der Waals surface area contributed by atoms with Crippen molar-refractivity contribution in [3.8, 4) is 5.75 Å². The lowest BCUT2D eigenvalue weighted by Crippen LogP contribution is -2.16. The average molecular weight is 240 g/mol. The van der Waals surface area contributed by atoms with Crippen LogP contribution in [0.5, 0.6) is 5.75 Å². The normalized spacial score (nSPS) is 14.3. The molecule has 0 aliphatic heterocycles. The van der Waals surface area contributed by atoms with Crippen molar-refractivity contribution in [2.75, 3.05) is 0 Å². The number of allylic oxidation sites excluding steroid dienone is 2. The standard InChI is InChI=1S/C14H8O4/c15-10-4-1-3-8-13(10)11(16)7-9(14(8)17)12-5-2-6-18-12/h1-7,15H. The van der Waals surface area contributed by atoms with Gasteiger partial charge in [-0.1, -0.05) is 12.1 Å². The Kier molecular flexibility index (Phi) is 2.16. The second-order valence-electron chi connectivity index (χ2n) is 3.93. The Balaban J connectivity index is 2.21. The molecule has 1 aromatic heterocycles. The van der Waals surface area contributed by atoms with Crippen LogP contribution in [0.1, 0.15) is 26.5 Å². The van der Waals surface area contributed by atoms with Crippen molar-refractivity contribution in [2.45, 2.75) is 0 Å². The van der Waals surface area contributed by atoms with Gasteiger partial charge >= 0.3 is 0 Å². The number of fused-ring (bicyclic) bond motifs is 1. The Hall–Kier alpha value is -2.62. The molecule has 0 saturated heterocycles. The van der Waals surface area contributed by atoms with Crippen LogP contribution in [0.4, 0.5) is 0 Å².